The van der Waals surface area contributed by atoms with E-state index >= 15 is 0 Å². The number of likely N-dealkylation sites (tertiary alicyclic amines) is 1. The topological polar surface area (TPSA) is 55.9 Å². The lowest BCUT2D eigenvalue weighted by molar-refractivity contribution is -0.139. The second-order valence-electron chi connectivity index (χ2n) is 8.01. The van der Waals surface area contributed by atoms with Crippen LogP contribution in [0.25, 0.3) is 0 Å². The number of para-hydroxylation sites is 1. The summed E-state index contributed by atoms with van der Waals surface area (Å²) in [4.78, 5) is 31.5. The van der Waals surface area contributed by atoms with Crippen molar-refractivity contribution < 1.29 is 9.59 Å². The van der Waals surface area contributed by atoms with E-state index in [0.717, 1.165) is 39.0 Å². The number of nitrogens with one attached hydrogen (secondary N) is 1. The van der Waals surface area contributed by atoms with Crippen LogP contribution in [0.2, 0.25) is 5.02 Å². The molecule has 0 bridgehead atoms. The normalized spacial score (nSPS) is 24.2. The molecule has 6 nitrogen and oxygen atoms in total. The molecule has 154 valence electrons. The van der Waals surface area contributed by atoms with E-state index in [9.17, 15) is 9.59 Å². The van der Waals surface area contributed by atoms with Gasteiger partial charge in [0.25, 0.3) is 0 Å². The molecule has 0 unspecified atom stereocenters. The lowest BCUT2D eigenvalue weighted by Crippen LogP contribution is -2.54. The van der Waals surface area contributed by atoms with Gasteiger partial charge in [0.05, 0.1) is 23.8 Å². The molecule has 28 heavy (non-hydrogen) atoms. The van der Waals surface area contributed by atoms with Gasteiger partial charge >= 0.3 is 0 Å². The van der Waals surface area contributed by atoms with Gasteiger partial charge in [0.1, 0.15) is 0 Å². The molecular formula is C21H31ClN4O2. The monoisotopic (exact) mass is 406 g/mol. The third-order valence-electron chi connectivity index (χ3n) is 5.82. The molecule has 2 aliphatic heterocycles. The zero-order valence-corrected chi connectivity index (χ0v) is 17.6. The predicted molar refractivity (Wildman–Crippen MR) is 113 cm³/mol. The molecule has 2 heterocycles. The van der Waals surface area contributed by atoms with Gasteiger partial charge in [-0.05, 0) is 45.2 Å². The molecule has 3 rings (SSSR count). The summed E-state index contributed by atoms with van der Waals surface area (Å²) in [6.07, 6.45) is 3.41. The van der Waals surface area contributed by atoms with Crippen molar-refractivity contribution in [3.63, 3.8) is 0 Å². The summed E-state index contributed by atoms with van der Waals surface area (Å²) in [5, 5.41) is 3.41. The SMILES string of the molecule is C[C@@H]1CCC[C@@H](C)N1C(=O)CN1CCN(CC(=O)Nc2ccccc2Cl)CC1. The number of halogens is 1. The van der Waals surface area contributed by atoms with Crippen LogP contribution >= 0.6 is 11.6 Å². The van der Waals surface area contributed by atoms with E-state index < -0.39 is 0 Å². The smallest absolute Gasteiger partial charge is 0.238 e. The van der Waals surface area contributed by atoms with Crippen molar-refractivity contribution in [2.75, 3.05) is 44.6 Å². The van der Waals surface area contributed by atoms with Gasteiger partial charge in [-0.25, -0.2) is 0 Å². The lowest BCUT2D eigenvalue weighted by atomic mass is 9.97. The van der Waals surface area contributed by atoms with Crippen molar-refractivity contribution in [3.05, 3.63) is 29.3 Å². The summed E-state index contributed by atoms with van der Waals surface area (Å²) in [7, 11) is 0. The van der Waals surface area contributed by atoms with Gasteiger partial charge < -0.3 is 10.2 Å². The predicted octanol–water partition coefficient (Wildman–Crippen LogP) is 2.69. The van der Waals surface area contributed by atoms with Gasteiger partial charge in [-0.2, -0.15) is 0 Å². The largest absolute Gasteiger partial charge is 0.336 e. The van der Waals surface area contributed by atoms with Gasteiger partial charge in [-0.3, -0.25) is 19.4 Å². The number of hydrogen-bond acceptors (Lipinski definition) is 4. The second kappa shape index (κ2) is 9.72. The fraction of sp³-hybridized carbons (Fsp3) is 0.619. The van der Waals surface area contributed by atoms with E-state index in [0.29, 0.717) is 35.9 Å². The van der Waals surface area contributed by atoms with E-state index in [1.165, 1.54) is 6.42 Å². The number of anilines is 1. The molecule has 0 saturated carbocycles. The molecule has 0 aromatic heterocycles. The standard InChI is InChI=1S/C21H31ClN4O2/c1-16-6-5-7-17(2)26(16)21(28)15-25-12-10-24(11-13-25)14-20(27)23-19-9-4-3-8-18(19)22/h3-4,8-9,16-17H,5-7,10-15H2,1-2H3,(H,23,27)/t16-,17-/m1/s1. The highest BCUT2D eigenvalue weighted by atomic mass is 35.5. The molecule has 0 aliphatic carbocycles. The molecule has 1 N–H and O–H groups in total. The van der Waals surface area contributed by atoms with E-state index in [2.05, 4.69) is 33.9 Å². The molecule has 1 aromatic rings. The Kier molecular flexibility index (Phi) is 7.32. The maximum atomic E-state index is 12.8. The van der Waals surface area contributed by atoms with Crippen molar-refractivity contribution in [3.8, 4) is 0 Å². The van der Waals surface area contributed by atoms with Crippen LogP contribution in [0.15, 0.2) is 24.3 Å². The van der Waals surface area contributed by atoms with Gasteiger partial charge in [0.15, 0.2) is 0 Å². The van der Waals surface area contributed by atoms with Crippen molar-refractivity contribution in [1.82, 2.24) is 14.7 Å². The highest BCUT2D eigenvalue weighted by molar-refractivity contribution is 6.33. The minimum Gasteiger partial charge on any atom is -0.336 e. The van der Waals surface area contributed by atoms with E-state index in [4.69, 9.17) is 11.6 Å². The third kappa shape index (κ3) is 5.46. The number of hydrogen-bond donors (Lipinski definition) is 1. The highest BCUT2D eigenvalue weighted by Crippen LogP contribution is 2.23. The fourth-order valence-electron chi connectivity index (χ4n) is 4.25. The number of amides is 2. The zero-order chi connectivity index (χ0) is 20.1. The first-order chi connectivity index (χ1) is 13.4. The summed E-state index contributed by atoms with van der Waals surface area (Å²) in [6, 6.07) is 7.92. The quantitative estimate of drug-likeness (QED) is 0.816. The lowest BCUT2D eigenvalue weighted by Gasteiger charge is -2.41. The van der Waals surface area contributed by atoms with Gasteiger partial charge in [0, 0.05) is 38.3 Å². The molecule has 2 amide bonds. The molecule has 1 aromatic carbocycles. The van der Waals surface area contributed by atoms with Crippen molar-refractivity contribution >= 4 is 29.1 Å². The molecule has 2 saturated heterocycles. The Hall–Kier alpha value is -1.63. The van der Waals surface area contributed by atoms with Crippen LogP contribution in [0.3, 0.4) is 0 Å². The van der Waals surface area contributed by atoms with Crippen LogP contribution in [-0.4, -0.2) is 77.9 Å². The summed E-state index contributed by atoms with van der Waals surface area (Å²) >= 11 is 6.09. The molecule has 0 radical (unpaired) electrons. The van der Waals surface area contributed by atoms with Crippen LogP contribution in [-0.2, 0) is 9.59 Å². The molecular weight excluding hydrogens is 376 g/mol. The first-order valence-corrected chi connectivity index (χ1v) is 10.6. The Bertz CT molecular complexity index is 681. The van der Waals surface area contributed by atoms with Crippen LogP contribution < -0.4 is 5.32 Å². The third-order valence-corrected chi connectivity index (χ3v) is 6.15. The zero-order valence-electron chi connectivity index (χ0n) is 16.9. The second-order valence-corrected chi connectivity index (χ2v) is 8.42. The van der Waals surface area contributed by atoms with Crippen LogP contribution in [0, 0.1) is 0 Å². The van der Waals surface area contributed by atoms with E-state index in [1.54, 1.807) is 12.1 Å². The van der Waals surface area contributed by atoms with Crippen LogP contribution in [0.4, 0.5) is 5.69 Å². The number of carbonyl (C=O) groups excluding carboxylic acids is 2. The average molecular weight is 407 g/mol. The number of rotatable bonds is 5. The van der Waals surface area contributed by atoms with Gasteiger partial charge in [-0.1, -0.05) is 23.7 Å². The number of carbonyl (C=O) groups is 2. The minimum absolute atomic E-state index is 0.0615. The van der Waals surface area contributed by atoms with Crippen LogP contribution in [0.1, 0.15) is 33.1 Å². The Labute approximate surface area is 172 Å². The Balaban J connectivity index is 1.42. The molecule has 0 spiro atoms. The van der Waals surface area contributed by atoms with Gasteiger partial charge in [0.2, 0.25) is 11.8 Å². The molecule has 2 atom stereocenters. The summed E-state index contributed by atoms with van der Waals surface area (Å²) < 4.78 is 0. The van der Waals surface area contributed by atoms with E-state index in [-0.39, 0.29) is 11.8 Å². The Morgan fingerprint density at radius 1 is 1.00 bits per heavy atom. The van der Waals surface area contributed by atoms with Crippen LogP contribution in [0.5, 0.6) is 0 Å². The number of piperidine rings is 1. The highest BCUT2D eigenvalue weighted by Gasteiger charge is 2.30. The maximum Gasteiger partial charge on any atom is 0.238 e. The van der Waals surface area contributed by atoms with Crippen molar-refractivity contribution in [2.24, 2.45) is 0 Å². The maximum absolute atomic E-state index is 12.8. The van der Waals surface area contributed by atoms with Crippen molar-refractivity contribution in [1.29, 1.82) is 0 Å². The summed E-state index contributed by atoms with van der Waals surface area (Å²) in [6.45, 7) is 8.32. The molecule has 2 fully saturated rings. The molecule has 2 aliphatic rings. The first-order valence-electron chi connectivity index (χ1n) is 10.2. The van der Waals surface area contributed by atoms with Gasteiger partial charge in [-0.15, -0.1) is 0 Å². The summed E-state index contributed by atoms with van der Waals surface area (Å²) in [5.74, 6) is 0.179. The van der Waals surface area contributed by atoms with E-state index in [1.807, 2.05) is 12.1 Å². The minimum atomic E-state index is -0.0615. The molecule has 7 heteroatoms. The Morgan fingerprint density at radius 3 is 2.18 bits per heavy atom. The fourth-order valence-corrected chi connectivity index (χ4v) is 4.43. The van der Waals surface area contributed by atoms with Crippen molar-refractivity contribution in [2.45, 2.75) is 45.2 Å². The average Bonchev–Trinajstić information content (AvgIpc) is 2.65. The number of piperazine rings is 1. The number of nitrogens with zero attached hydrogens (tertiary/aromatic N) is 3. The first kappa shape index (κ1) is 21.1. The number of benzene rings is 1. The summed E-state index contributed by atoms with van der Waals surface area (Å²) in [5.41, 5.74) is 0.642. The Morgan fingerprint density at radius 2 is 1.57 bits per heavy atom.